The molecule has 7 heteroatoms. The maximum Gasteiger partial charge on any atom is 0.407 e. The standard InChI is InChI=1S/C15H27N5O2/c1-6-11-12(7-2)19-20-13(18-11)16-9-8-10-17-14(21)22-15(3,4)5/h6-10H2,1-5H3,(H,17,21)(H,16,18,20). The molecule has 22 heavy (non-hydrogen) atoms. The van der Waals surface area contributed by atoms with Crippen LogP contribution in [0.3, 0.4) is 0 Å². The molecule has 1 amide bonds. The van der Waals surface area contributed by atoms with Crippen LogP contribution in [0.4, 0.5) is 10.7 Å². The summed E-state index contributed by atoms with van der Waals surface area (Å²) in [6.07, 6.45) is 2.03. The van der Waals surface area contributed by atoms with E-state index in [0.717, 1.165) is 30.7 Å². The van der Waals surface area contributed by atoms with Crippen LogP contribution in [0.15, 0.2) is 0 Å². The highest BCUT2D eigenvalue weighted by atomic mass is 16.6. The number of hydrogen-bond acceptors (Lipinski definition) is 6. The van der Waals surface area contributed by atoms with Crippen LogP contribution in [0.2, 0.25) is 0 Å². The minimum Gasteiger partial charge on any atom is -0.444 e. The lowest BCUT2D eigenvalue weighted by Gasteiger charge is -2.19. The van der Waals surface area contributed by atoms with E-state index in [9.17, 15) is 4.79 Å². The Labute approximate surface area is 132 Å². The number of rotatable bonds is 7. The van der Waals surface area contributed by atoms with Crippen molar-refractivity contribution in [3.8, 4) is 0 Å². The lowest BCUT2D eigenvalue weighted by molar-refractivity contribution is 0.0528. The number of aryl methyl sites for hydroxylation is 2. The number of nitrogens with zero attached hydrogens (tertiary/aromatic N) is 3. The van der Waals surface area contributed by atoms with Crippen LogP contribution < -0.4 is 10.6 Å². The highest BCUT2D eigenvalue weighted by Gasteiger charge is 2.15. The van der Waals surface area contributed by atoms with Gasteiger partial charge in [0.05, 0.1) is 11.4 Å². The van der Waals surface area contributed by atoms with Crippen molar-refractivity contribution < 1.29 is 9.53 Å². The molecule has 1 heterocycles. The van der Waals surface area contributed by atoms with E-state index in [0.29, 0.717) is 19.0 Å². The minimum atomic E-state index is -0.473. The number of alkyl carbamates (subject to hydrolysis) is 1. The molecule has 0 aromatic carbocycles. The molecule has 0 atom stereocenters. The molecule has 1 rings (SSSR count). The molecule has 0 fully saturated rings. The second kappa shape index (κ2) is 8.51. The Morgan fingerprint density at radius 2 is 1.77 bits per heavy atom. The second-order valence-corrected chi connectivity index (χ2v) is 5.94. The summed E-state index contributed by atoms with van der Waals surface area (Å²) in [5, 5.41) is 14.1. The first kappa shape index (κ1) is 18.1. The van der Waals surface area contributed by atoms with Crippen LogP contribution in [-0.2, 0) is 17.6 Å². The molecule has 7 nitrogen and oxygen atoms in total. The van der Waals surface area contributed by atoms with Crippen LogP contribution in [0.5, 0.6) is 0 Å². The summed E-state index contributed by atoms with van der Waals surface area (Å²) >= 11 is 0. The monoisotopic (exact) mass is 309 g/mol. The number of carbonyl (C=O) groups excluding carboxylic acids is 1. The number of carbonyl (C=O) groups is 1. The smallest absolute Gasteiger partial charge is 0.407 e. The van der Waals surface area contributed by atoms with E-state index in [1.165, 1.54) is 0 Å². The Morgan fingerprint density at radius 1 is 1.09 bits per heavy atom. The largest absolute Gasteiger partial charge is 0.444 e. The molecule has 1 aromatic heterocycles. The van der Waals surface area contributed by atoms with Crippen LogP contribution in [0, 0.1) is 0 Å². The highest BCUT2D eigenvalue weighted by Crippen LogP contribution is 2.07. The zero-order valence-electron chi connectivity index (χ0n) is 14.2. The first-order valence-electron chi connectivity index (χ1n) is 7.79. The van der Waals surface area contributed by atoms with Crippen molar-refractivity contribution in [1.82, 2.24) is 20.5 Å². The van der Waals surface area contributed by atoms with Gasteiger partial charge in [0.1, 0.15) is 5.60 Å². The van der Waals surface area contributed by atoms with E-state index < -0.39 is 11.7 Å². The molecule has 1 aromatic rings. The Hall–Kier alpha value is -1.92. The fraction of sp³-hybridized carbons (Fsp3) is 0.733. The molecule has 2 N–H and O–H groups in total. The van der Waals surface area contributed by atoms with Crippen molar-refractivity contribution in [2.75, 3.05) is 18.4 Å². The van der Waals surface area contributed by atoms with Crippen molar-refractivity contribution >= 4 is 12.0 Å². The number of nitrogens with one attached hydrogen (secondary N) is 2. The van der Waals surface area contributed by atoms with Crippen LogP contribution >= 0.6 is 0 Å². The summed E-state index contributed by atoms with van der Waals surface area (Å²) in [6.45, 7) is 10.8. The lowest BCUT2D eigenvalue weighted by Crippen LogP contribution is -2.33. The molecule has 0 aliphatic carbocycles. The van der Waals surface area contributed by atoms with E-state index in [-0.39, 0.29) is 0 Å². The number of aromatic nitrogens is 3. The van der Waals surface area contributed by atoms with Gasteiger partial charge < -0.3 is 15.4 Å². The van der Waals surface area contributed by atoms with Gasteiger partial charge in [-0.05, 0) is 40.0 Å². The van der Waals surface area contributed by atoms with Crippen molar-refractivity contribution in [3.05, 3.63) is 11.4 Å². The molecular weight excluding hydrogens is 282 g/mol. The SMILES string of the molecule is CCc1nnc(NCCCNC(=O)OC(C)(C)C)nc1CC. The Morgan fingerprint density at radius 3 is 2.36 bits per heavy atom. The van der Waals surface area contributed by atoms with E-state index >= 15 is 0 Å². The van der Waals surface area contributed by atoms with Crippen molar-refractivity contribution in [3.63, 3.8) is 0 Å². The van der Waals surface area contributed by atoms with E-state index in [1.807, 2.05) is 27.7 Å². The maximum atomic E-state index is 11.5. The summed E-state index contributed by atoms with van der Waals surface area (Å²) in [7, 11) is 0. The van der Waals surface area contributed by atoms with E-state index in [2.05, 4.69) is 32.7 Å². The van der Waals surface area contributed by atoms with Gasteiger partial charge in [-0.3, -0.25) is 0 Å². The number of hydrogen-bond donors (Lipinski definition) is 2. The molecule has 0 unspecified atom stereocenters. The average molecular weight is 309 g/mol. The topological polar surface area (TPSA) is 89.0 Å². The maximum absolute atomic E-state index is 11.5. The van der Waals surface area contributed by atoms with Gasteiger partial charge in [0.2, 0.25) is 5.95 Å². The zero-order chi connectivity index (χ0) is 16.6. The van der Waals surface area contributed by atoms with Crippen molar-refractivity contribution in [2.24, 2.45) is 0 Å². The van der Waals surface area contributed by atoms with Crippen molar-refractivity contribution in [2.45, 2.75) is 59.5 Å². The zero-order valence-corrected chi connectivity index (χ0v) is 14.2. The first-order valence-corrected chi connectivity index (χ1v) is 7.79. The van der Waals surface area contributed by atoms with Crippen LogP contribution in [0.1, 0.15) is 52.4 Å². The summed E-state index contributed by atoms with van der Waals surface area (Å²) in [5.41, 5.74) is 1.45. The summed E-state index contributed by atoms with van der Waals surface area (Å²) in [6, 6.07) is 0. The fourth-order valence-electron chi connectivity index (χ4n) is 1.81. The van der Waals surface area contributed by atoms with Gasteiger partial charge in [-0.2, -0.15) is 5.10 Å². The summed E-state index contributed by atoms with van der Waals surface area (Å²) < 4.78 is 5.15. The summed E-state index contributed by atoms with van der Waals surface area (Å²) in [5.74, 6) is 0.534. The molecule has 0 radical (unpaired) electrons. The molecule has 0 aliphatic heterocycles. The molecule has 0 spiro atoms. The third kappa shape index (κ3) is 6.69. The Balaban J connectivity index is 2.29. The van der Waals surface area contributed by atoms with Gasteiger partial charge >= 0.3 is 6.09 Å². The number of amides is 1. The third-order valence-corrected chi connectivity index (χ3v) is 2.81. The van der Waals surface area contributed by atoms with Gasteiger partial charge in [0, 0.05) is 13.1 Å². The summed E-state index contributed by atoms with van der Waals surface area (Å²) in [4.78, 5) is 15.9. The van der Waals surface area contributed by atoms with Gasteiger partial charge in [-0.25, -0.2) is 9.78 Å². The number of ether oxygens (including phenoxy) is 1. The molecule has 124 valence electrons. The van der Waals surface area contributed by atoms with E-state index in [4.69, 9.17) is 4.74 Å². The molecule has 0 saturated carbocycles. The van der Waals surface area contributed by atoms with Crippen LogP contribution in [-0.4, -0.2) is 40.0 Å². The van der Waals surface area contributed by atoms with Gasteiger partial charge in [-0.1, -0.05) is 13.8 Å². The molecule has 0 bridgehead atoms. The number of anilines is 1. The average Bonchev–Trinajstić information content (AvgIpc) is 2.44. The first-order chi connectivity index (χ1) is 10.4. The lowest BCUT2D eigenvalue weighted by atomic mass is 10.2. The normalized spacial score (nSPS) is 11.1. The quantitative estimate of drug-likeness (QED) is 0.751. The second-order valence-electron chi connectivity index (χ2n) is 5.94. The fourth-order valence-corrected chi connectivity index (χ4v) is 1.81. The van der Waals surface area contributed by atoms with E-state index in [1.54, 1.807) is 0 Å². The third-order valence-electron chi connectivity index (χ3n) is 2.81. The molecule has 0 saturated heterocycles. The minimum absolute atomic E-state index is 0.397. The predicted octanol–water partition coefficient (Wildman–Crippen LogP) is 2.32. The van der Waals surface area contributed by atoms with Gasteiger partial charge in [0.15, 0.2) is 0 Å². The highest BCUT2D eigenvalue weighted by molar-refractivity contribution is 5.67. The van der Waals surface area contributed by atoms with Crippen molar-refractivity contribution in [1.29, 1.82) is 0 Å². The predicted molar refractivity (Wildman–Crippen MR) is 85.9 cm³/mol. The molecular formula is C15H27N5O2. The van der Waals surface area contributed by atoms with Gasteiger partial charge in [0.25, 0.3) is 0 Å². The Kier molecular flexibility index (Phi) is 7.01. The van der Waals surface area contributed by atoms with Crippen LogP contribution in [0.25, 0.3) is 0 Å². The molecule has 0 aliphatic rings. The van der Waals surface area contributed by atoms with Gasteiger partial charge in [-0.15, -0.1) is 5.10 Å². The Bertz CT molecular complexity index is 485.